The summed E-state index contributed by atoms with van der Waals surface area (Å²) in [5.74, 6) is 0.548. The third-order valence-corrected chi connectivity index (χ3v) is 5.88. The van der Waals surface area contributed by atoms with E-state index in [0.717, 1.165) is 11.4 Å². The average Bonchev–Trinajstić information content (AvgIpc) is 2.67. The van der Waals surface area contributed by atoms with Crippen LogP contribution in [0.25, 0.3) is 0 Å². The van der Waals surface area contributed by atoms with Crippen molar-refractivity contribution in [2.24, 2.45) is 5.14 Å². The third-order valence-electron chi connectivity index (χ3n) is 4.49. The number of rotatable bonds is 4. The van der Waals surface area contributed by atoms with E-state index in [4.69, 9.17) is 21.5 Å². The molecule has 2 aromatic carbocycles. The predicted octanol–water partition coefficient (Wildman–Crippen LogP) is 1.96. The molecular weight excluding hydrogens is 390 g/mol. The normalized spacial score (nSPS) is 14.9. The number of nitrogens with zero attached hydrogens (tertiary/aromatic N) is 2. The smallest absolute Gasteiger partial charge is 0.254 e. The minimum Gasteiger partial charge on any atom is -0.497 e. The maximum absolute atomic E-state index is 12.7. The van der Waals surface area contributed by atoms with Crippen LogP contribution in [-0.4, -0.2) is 52.5 Å². The van der Waals surface area contributed by atoms with Gasteiger partial charge in [-0.3, -0.25) is 4.79 Å². The largest absolute Gasteiger partial charge is 0.497 e. The first-order valence-electron chi connectivity index (χ1n) is 8.30. The van der Waals surface area contributed by atoms with Crippen LogP contribution in [0.5, 0.6) is 5.75 Å². The SMILES string of the molecule is COc1ccc(N2CCN(C(=O)c3ccc(Cl)c(S(N)(=O)=O)c3)CC2)cc1. The number of sulfonamides is 1. The highest BCUT2D eigenvalue weighted by Crippen LogP contribution is 2.24. The van der Waals surface area contributed by atoms with Gasteiger partial charge in [-0.2, -0.15) is 0 Å². The number of carbonyl (C=O) groups is 1. The van der Waals surface area contributed by atoms with E-state index in [-0.39, 0.29) is 21.4 Å². The first-order valence-corrected chi connectivity index (χ1v) is 10.2. The topological polar surface area (TPSA) is 92.9 Å². The van der Waals surface area contributed by atoms with Gasteiger partial charge in [0.2, 0.25) is 10.0 Å². The molecule has 7 nitrogen and oxygen atoms in total. The van der Waals surface area contributed by atoms with Gasteiger partial charge in [0, 0.05) is 37.4 Å². The van der Waals surface area contributed by atoms with Gasteiger partial charge >= 0.3 is 0 Å². The van der Waals surface area contributed by atoms with Gasteiger partial charge < -0.3 is 14.5 Å². The number of hydrogen-bond acceptors (Lipinski definition) is 5. The molecule has 0 spiro atoms. The van der Waals surface area contributed by atoms with Gasteiger partial charge in [-0.1, -0.05) is 11.6 Å². The summed E-state index contributed by atoms with van der Waals surface area (Å²) < 4.78 is 28.4. The Labute approximate surface area is 163 Å². The van der Waals surface area contributed by atoms with Crippen LogP contribution in [0.15, 0.2) is 47.4 Å². The number of halogens is 1. The second-order valence-electron chi connectivity index (χ2n) is 6.17. The number of benzene rings is 2. The fourth-order valence-corrected chi connectivity index (χ4v) is 4.07. The van der Waals surface area contributed by atoms with E-state index in [2.05, 4.69) is 4.90 Å². The van der Waals surface area contributed by atoms with Crippen LogP contribution >= 0.6 is 11.6 Å². The Kier molecular flexibility index (Phi) is 5.59. The van der Waals surface area contributed by atoms with E-state index in [1.807, 2.05) is 24.3 Å². The molecule has 0 bridgehead atoms. The highest BCUT2D eigenvalue weighted by molar-refractivity contribution is 7.89. The van der Waals surface area contributed by atoms with Gasteiger partial charge in [-0.15, -0.1) is 0 Å². The molecule has 0 aliphatic carbocycles. The highest BCUT2D eigenvalue weighted by atomic mass is 35.5. The van der Waals surface area contributed by atoms with Crippen LogP contribution in [0.4, 0.5) is 5.69 Å². The van der Waals surface area contributed by atoms with Crippen molar-refractivity contribution in [3.05, 3.63) is 53.1 Å². The molecule has 2 N–H and O–H groups in total. The minimum absolute atomic E-state index is 0.00150. The second-order valence-corrected chi connectivity index (χ2v) is 8.10. The average molecular weight is 410 g/mol. The monoisotopic (exact) mass is 409 g/mol. The minimum atomic E-state index is -3.99. The summed E-state index contributed by atoms with van der Waals surface area (Å²) >= 11 is 5.88. The van der Waals surface area contributed by atoms with Crippen molar-refractivity contribution >= 4 is 33.2 Å². The van der Waals surface area contributed by atoms with Gasteiger partial charge in [0.05, 0.1) is 12.1 Å². The van der Waals surface area contributed by atoms with Gasteiger partial charge in [0.15, 0.2) is 0 Å². The standard InChI is InChI=1S/C18H20ClN3O4S/c1-26-15-5-3-14(4-6-15)21-8-10-22(11-9-21)18(23)13-2-7-16(19)17(12-13)27(20,24)25/h2-7,12H,8-11H2,1H3,(H2,20,24,25). The Morgan fingerprint density at radius 2 is 1.70 bits per heavy atom. The summed E-state index contributed by atoms with van der Waals surface area (Å²) in [6.07, 6.45) is 0. The van der Waals surface area contributed by atoms with Crippen LogP contribution in [-0.2, 0) is 10.0 Å². The van der Waals surface area contributed by atoms with E-state index in [1.54, 1.807) is 12.0 Å². The van der Waals surface area contributed by atoms with Crippen LogP contribution in [0.3, 0.4) is 0 Å². The predicted molar refractivity (Wildman–Crippen MR) is 104 cm³/mol. The van der Waals surface area contributed by atoms with Crippen molar-refractivity contribution in [1.82, 2.24) is 4.90 Å². The highest BCUT2D eigenvalue weighted by Gasteiger charge is 2.24. The summed E-state index contributed by atoms with van der Waals surface area (Å²) in [6.45, 7) is 2.40. The third kappa shape index (κ3) is 4.35. The van der Waals surface area contributed by atoms with Gasteiger partial charge in [-0.25, -0.2) is 13.6 Å². The molecule has 9 heteroatoms. The molecule has 1 saturated heterocycles. The number of amides is 1. The van der Waals surface area contributed by atoms with Crippen molar-refractivity contribution < 1.29 is 17.9 Å². The number of hydrogen-bond donors (Lipinski definition) is 1. The van der Waals surface area contributed by atoms with E-state index in [1.165, 1.54) is 18.2 Å². The Bertz CT molecular complexity index is 940. The zero-order valence-corrected chi connectivity index (χ0v) is 16.3. The number of carbonyl (C=O) groups excluding carboxylic acids is 1. The van der Waals surface area contributed by atoms with Gasteiger partial charge in [0.25, 0.3) is 5.91 Å². The number of piperazine rings is 1. The number of anilines is 1. The summed E-state index contributed by atoms with van der Waals surface area (Å²) in [5.41, 5.74) is 1.31. The lowest BCUT2D eigenvalue weighted by Crippen LogP contribution is -2.48. The Balaban J connectivity index is 1.70. The lowest BCUT2D eigenvalue weighted by Gasteiger charge is -2.36. The van der Waals surface area contributed by atoms with Crippen molar-refractivity contribution in [2.45, 2.75) is 4.90 Å². The van der Waals surface area contributed by atoms with Crippen LogP contribution in [0, 0.1) is 0 Å². The molecule has 0 aromatic heterocycles. The van der Waals surface area contributed by atoms with Crippen molar-refractivity contribution in [3.8, 4) is 5.75 Å². The summed E-state index contributed by atoms with van der Waals surface area (Å²) in [4.78, 5) is 16.4. The molecule has 144 valence electrons. The van der Waals surface area contributed by atoms with Crippen molar-refractivity contribution in [2.75, 3.05) is 38.2 Å². The van der Waals surface area contributed by atoms with Gasteiger partial charge in [-0.05, 0) is 42.5 Å². The lowest BCUT2D eigenvalue weighted by atomic mass is 10.1. The van der Waals surface area contributed by atoms with E-state index < -0.39 is 10.0 Å². The summed E-state index contributed by atoms with van der Waals surface area (Å²) in [7, 11) is -2.37. The summed E-state index contributed by atoms with van der Waals surface area (Å²) in [5, 5.41) is 5.15. The first-order chi connectivity index (χ1) is 12.8. The summed E-state index contributed by atoms with van der Waals surface area (Å²) in [6, 6.07) is 11.9. The molecule has 3 rings (SSSR count). The molecule has 0 saturated carbocycles. The molecule has 1 heterocycles. The molecular formula is C18H20ClN3O4S. The molecule has 2 aromatic rings. The maximum Gasteiger partial charge on any atom is 0.254 e. The van der Waals surface area contributed by atoms with E-state index in [9.17, 15) is 13.2 Å². The first kappa shape index (κ1) is 19.5. The molecule has 1 aliphatic heterocycles. The van der Waals surface area contributed by atoms with Crippen LogP contribution < -0.4 is 14.8 Å². The Morgan fingerprint density at radius 3 is 2.26 bits per heavy atom. The fourth-order valence-electron chi connectivity index (χ4n) is 3.00. The quantitative estimate of drug-likeness (QED) is 0.833. The number of nitrogens with two attached hydrogens (primary N) is 1. The van der Waals surface area contributed by atoms with E-state index >= 15 is 0 Å². The maximum atomic E-state index is 12.7. The Hall–Kier alpha value is -2.29. The lowest BCUT2D eigenvalue weighted by molar-refractivity contribution is 0.0746. The second kappa shape index (κ2) is 7.75. The van der Waals surface area contributed by atoms with Crippen LogP contribution in [0.2, 0.25) is 5.02 Å². The number of ether oxygens (including phenoxy) is 1. The fraction of sp³-hybridized carbons (Fsp3) is 0.278. The molecule has 0 unspecified atom stereocenters. The number of primary sulfonamides is 1. The van der Waals surface area contributed by atoms with Crippen molar-refractivity contribution in [3.63, 3.8) is 0 Å². The molecule has 0 atom stereocenters. The zero-order valence-electron chi connectivity index (χ0n) is 14.8. The zero-order chi connectivity index (χ0) is 19.6. The van der Waals surface area contributed by atoms with Gasteiger partial charge in [0.1, 0.15) is 10.6 Å². The number of methoxy groups -OCH3 is 1. The molecule has 1 amide bonds. The molecule has 27 heavy (non-hydrogen) atoms. The molecule has 0 radical (unpaired) electrons. The molecule has 1 aliphatic rings. The van der Waals surface area contributed by atoms with E-state index in [0.29, 0.717) is 26.2 Å². The Morgan fingerprint density at radius 1 is 1.07 bits per heavy atom. The van der Waals surface area contributed by atoms with Crippen molar-refractivity contribution in [1.29, 1.82) is 0 Å². The molecule has 1 fully saturated rings. The van der Waals surface area contributed by atoms with Crippen LogP contribution in [0.1, 0.15) is 10.4 Å².